The predicted molar refractivity (Wildman–Crippen MR) is 98.1 cm³/mol. The molecular weight excluding hydrogens is 375 g/mol. The summed E-state index contributed by atoms with van der Waals surface area (Å²) in [6.45, 7) is 5.59. The van der Waals surface area contributed by atoms with Crippen molar-refractivity contribution in [3.05, 3.63) is 59.1 Å². The molecule has 0 fully saturated rings. The Morgan fingerprint density at radius 1 is 1.04 bits per heavy atom. The first kappa shape index (κ1) is 18.5. The van der Waals surface area contributed by atoms with E-state index in [1.807, 2.05) is 20.8 Å². The number of aromatic nitrogens is 6. The molecule has 2 heterocycles. The number of hydrogen-bond acceptors (Lipinski definition) is 5. The zero-order valence-electron chi connectivity index (χ0n) is 14.5. The van der Waals surface area contributed by atoms with Crippen LogP contribution in [-0.2, 0) is 4.79 Å². The van der Waals surface area contributed by atoms with Gasteiger partial charge >= 0.3 is 0 Å². The number of carbonyl (C=O) groups is 1. The summed E-state index contributed by atoms with van der Waals surface area (Å²) in [4.78, 5) is 21.4. The standard InChI is InChI=1S/C17H18Cl2N6O/c1-17(2,3)16(26)15(25-10-21-8-23-25)14(24-9-20-7-22-24)12-5-4-11(18)6-13(12)19/h4-10,14-15H,1-3H3. The van der Waals surface area contributed by atoms with E-state index in [4.69, 9.17) is 23.2 Å². The van der Waals surface area contributed by atoms with Crippen molar-refractivity contribution < 1.29 is 4.79 Å². The minimum Gasteiger partial charge on any atom is -0.297 e. The Morgan fingerprint density at radius 3 is 2.15 bits per heavy atom. The van der Waals surface area contributed by atoms with Crippen molar-refractivity contribution in [1.29, 1.82) is 0 Å². The van der Waals surface area contributed by atoms with Crippen molar-refractivity contribution in [2.45, 2.75) is 32.9 Å². The quantitative estimate of drug-likeness (QED) is 0.662. The average molecular weight is 393 g/mol. The van der Waals surface area contributed by atoms with Crippen LogP contribution in [0.25, 0.3) is 0 Å². The molecule has 2 aromatic heterocycles. The Bertz CT molecular complexity index is 887. The van der Waals surface area contributed by atoms with Crippen LogP contribution in [-0.4, -0.2) is 35.3 Å². The Balaban J connectivity index is 2.22. The summed E-state index contributed by atoms with van der Waals surface area (Å²) in [7, 11) is 0. The SMILES string of the molecule is CC(C)(C)C(=O)C(C(c1ccc(Cl)cc1Cl)n1cncn1)n1cncn1. The van der Waals surface area contributed by atoms with Gasteiger partial charge in [0.2, 0.25) is 0 Å². The average Bonchev–Trinajstić information content (AvgIpc) is 3.25. The third-order valence-corrected chi connectivity index (χ3v) is 4.59. The lowest BCUT2D eigenvalue weighted by molar-refractivity contribution is -0.131. The first-order chi connectivity index (χ1) is 12.3. The van der Waals surface area contributed by atoms with Crippen molar-refractivity contribution in [2.75, 3.05) is 0 Å². The van der Waals surface area contributed by atoms with Gasteiger partial charge in [-0.05, 0) is 17.7 Å². The maximum absolute atomic E-state index is 13.3. The number of hydrogen-bond donors (Lipinski definition) is 0. The van der Waals surface area contributed by atoms with Gasteiger partial charge in [-0.3, -0.25) is 4.79 Å². The van der Waals surface area contributed by atoms with Crippen LogP contribution >= 0.6 is 23.2 Å². The third kappa shape index (κ3) is 3.64. The van der Waals surface area contributed by atoms with Gasteiger partial charge in [-0.15, -0.1) is 0 Å². The van der Waals surface area contributed by atoms with Gasteiger partial charge in [0.25, 0.3) is 0 Å². The van der Waals surface area contributed by atoms with Gasteiger partial charge < -0.3 is 0 Å². The first-order valence-corrected chi connectivity index (χ1v) is 8.72. The van der Waals surface area contributed by atoms with E-state index in [0.29, 0.717) is 15.6 Å². The summed E-state index contributed by atoms with van der Waals surface area (Å²) < 4.78 is 3.13. The number of rotatable bonds is 5. The van der Waals surface area contributed by atoms with Gasteiger partial charge in [0.05, 0.1) is 0 Å². The minimum absolute atomic E-state index is 0.0329. The molecule has 0 aliphatic rings. The van der Waals surface area contributed by atoms with Crippen molar-refractivity contribution in [3.8, 4) is 0 Å². The van der Waals surface area contributed by atoms with Crippen molar-refractivity contribution in [3.63, 3.8) is 0 Å². The van der Waals surface area contributed by atoms with E-state index in [0.717, 1.165) is 0 Å². The van der Waals surface area contributed by atoms with Crippen molar-refractivity contribution >= 4 is 29.0 Å². The third-order valence-electron chi connectivity index (χ3n) is 4.03. The largest absolute Gasteiger partial charge is 0.297 e. The van der Waals surface area contributed by atoms with Crippen LogP contribution in [0.4, 0.5) is 0 Å². The Morgan fingerprint density at radius 2 is 1.65 bits per heavy atom. The smallest absolute Gasteiger partial charge is 0.165 e. The zero-order valence-corrected chi connectivity index (χ0v) is 16.1. The Kier molecular flexibility index (Phi) is 5.11. The van der Waals surface area contributed by atoms with Crippen LogP contribution in [0.2, 0.25) is 10.0 Å². The molecule has 136 valence electrons. The molecule has 3 rings (SSSR count). The second kappa shape index (κ2) is 7.17. The fourth-order valence-electron chi connectivity index (χ4n) is 2.77. The van der Waals surface area contributed by atoms with Gasteiger partial charge in [-0.25, -0.2) is 19.3 Å². The molecule has 1 aromatic carbocycles. The fourth-order valence-corrected chi connectivity index (χ4v) is 3.29. The molecule has 26 heavy (non-hydrogen) atoms. The number of carbonyl (C=O) groups excluding carboxylic acids is 1. The summed E-state index contributed by atoms with van der Waals surface area (Å²) in [6.07, 6.45) is 5.87. The molecular formula is C17H18Cl2N6O. The molecule has 0 saturated carbocycles. The molecule has 3 aromatic rings. The van der Waals surface area contributed by atoms with Crippen LogP contribution in [0.1, 0.15) is 38.4 Å². The normalized spacial score (nSPS) is 14.2. The first-order valence-electron chi connectivity index (χ1n) is 7.96. The van der Waals surface area contributed by atoms with Gasteiger partial charge in [0.15, 0.2) is 5.78 Å². The summed E-state index contributed by atoms with van der Waals surface area (Å²) >= 11 is 12.5. The highest BCUT2D eigenvalue weighted by atomic mass is 35.5. The molecule has 0 N–H and O–H groups in total. The van der Waals surface area contributed by atoms with E-state index in [2.05, 4.69) is 20.2 Å². The molecule has 0 aliphatic heterocycles. The summed E-state index contributed by atoms with van der Waals surface area (Å²) in [5, 5.41) is 9.41. The molecule has 0 aliphatic carbocycles. The number of halogens is 2. The van der Waals surface area contributed by atoms with Crippen LogP contribution in [0.3, 0.4) is 0 Å². The van der Waals surface area contributed by atoms with Gasteiger partial charge in [-0.2, -0.15) is 10.2 Å². The number of nitrogens with zero attached hydrogens (tertiary/aromatic N) is 6. The summed E-state index contributed by atoms with van der Waals surface area (Å²) in [6, 6.07) is 3.89. The van der Waals surface area contributed by atoms with E-state index in [-0.39, 0.29) is 5.78 Å². The molecule has 2 unspecified atom stereocenters. The monoisotopic (exact) mass is 392 g/mol. The maximum atomic E-state index is 13.3. The van der Waals surface area contributed by atoms with Gasteiger partial charge in [0.1, 0.15) is 37.4 Å². The lowest BCUT2D eigenvalue weighted by atomic mass is 9.82. The lowest BCUT2D eigenvalue weighted by Gasteiger charge is -2.31. The Hall–Kier alpha value is -2.25. The molecule has 2 atom stereocenters. The lowest BCUT2D eigenvalue weighted by Crippen LogP contribution is -2.37. The van der Waals surface area contributed by atoms with Crippen LogP contribution in [0.15, 0.2) is 43.5 Å². The molecule has 0 saturated heterocycles. The van der Waals surface area contributed by atoms with Crippen LogP contribution in [0.5, 0.6) is 0 Å². The van der Waals surface area contributed by atoms with Gasteiger partial charge in [0, 0.05) is 15.5 Å². The molecule has 7 nitrogen and oxygen atoms in total. The molecule has 0 spiro atoms. The van der Waals surface area contributed by atoms with Crippen LogP contribution < -0.4 is 0 Å². The van der Waals surface area contributed by atoms with Crippen molar-refractivity contribution in [1.82, 2.24) is 29.5 Å². The topological polar surface area (TPSA) is 78.5 Å². The fraction of sp³-hybridized carbons (Fsp3) is 0.353. The molecule has 0 radical (unpaired) electrons. The maximum Gasteiger partial charge on any atom is 0.165 e. The van der Waals surface area contributed by atoms with Gasteiger partial charge in [-0.1, -0.05) is 50.0 Å². The Labute approximate surface area is 161 Å². The molecule has 9 heteroatoms. The summed E-state index contributed by atoms with van der Waals surface area (Å²) in [5.41, 5.74) is 0.0774. The highest BCUT2D eigenvalue weighted by Crippen LogP contribution is 2.38. The van der Waals surface area contributed by atoms with Crippen molar-refractivity contribution in [2.24, 2.45) is 5.41 Å². The molecule has 0 bridgehead atoms. The second-order valence-electron chi connectivity index (χ2n) is 6.92. The highest BCUT2D eigenvalue weighted by molar-refractivity contribution is 6.35. The number of Topliss-reactive ketones (excluding diaryl/α,β-unsaturated/α-hetero) is 1. The zero-order chi connectivity index (χ0) is 18.9. The molecule has 0 amide bonds. The van der Waals surface area contributed by atoms with E-state index in [1.165, 1.54) is 23.7 Å². The number of ketones is 1. The minimum atomic E-state index is -0.710. The van der Waals surface area contributed by atoms with E-state index in [9.17, 15) is 4.79 Å². The van der Waals surface area contributed by atoms with E-state index < -0.39 is 17.5 Å². The predicted octanol–water partition coefficient (Wildman–Crippen LogP) is 3.62. The van der Waals surface area contributed by atoms with Crippen LogP contribution in [0, 0.1) is 5.41 Å². The number of benzene rings is 1. The van der Waals surface area contributed by atoms with E-state index >= 15 is 0 Å². The summed E-state index contributed by atoms with van der Waals surface area (Å²) in [5.74, 6) is -0.0329. The second-order valence-corrected chi connectivity index (χ2v) is 7.76. The highest BCUT2D eigenvalue weighted by Gasteiger charge is 2.40. The van der Waals surface area contributed by atoms with E-state index in [1.54, 1.807) is 29.2 Å².